The molecular weight excluding hydrogens is 889 g/mol. The number of alkyl halides is 3. The molecule has 2 fully saturated rings. The lowest BCUT2D eigenvalue weighted by atomic mass is 9.93. The Morgan fingerprint density at radius 1 is 1.00 bits per heavy atom. The van der Waals surface area contributed by atoms with Crippen molar-refractivity contribution in [1.82, 2.24) is 29.9 Å². The van der Waals surface area contributed by atoms with Crippen LogP contribution in [0.5, 0.6) is 0 Å². The molecule has 3 aliphatic carbocycles. The third kappa shape index (κ3) is 9.03. The number of aromatic nitrogens is 5. The first-order valence-corrected chi connectivity index (χ1v) is 23.9. The van der Waals surface area contributed by atoms with E-state index in [1.807, 2.05) is 0 Å². The van der Waals surface area contributed by atoms with Crippen LogP contribution in [0.3, 0.4) is 0 Å². The minimum absolute atomic E-state index is 0.0218. The van der Waals surface area contributed by atoms with Gasteiger partial charge in [-0.3, -0.25) is 18.9 Å². The number of fused-ring (bicyclic) bond motifs is 2. The van der Waals surface area contributed by atoms with E-state index in [1.165, 1.54) is 30.7 Å². The number of nitrogens with one attached hydrogen (secondary N) is 2. The molecule has 2 atom stereocenters. The first-order valence-electron chi connectivity index (χ1n) is 20.3. The molecule has 2 N–H and O–H groups in total. The number of anilines is 1. The Kier molecular flexibility index (Phi) is 11.4. The van der Waals surface area contributed by atoms with Crippen LogP contribution in [0.15, 0.2) is 42.5 Å². The van der Waals surface area contributed by atoms with Crippen LogP contribution in [-0.2, 0) is 57.0 Å². The molecule has 5 aromatic rings. The van der Waals surface area contributed by atoms with Gasteiger partial charge in [-0.15, -0.1) is 0 Å². The highest BCUT2D eigenvalue weighted by molar-refractivity contribution is 7.94. The van der Waals surface area contributed by atoms with Crippen molar-refractivity contribution < 1.29 is 43.6 Å². The van der Waals surface area contributed by atoms with Gasteiger partial charge in [0.2, 0.25) is 15.9 Å². The summed E-state index contributed by atoms with van der Waals surface area (Å²) in [6.07, 6.45) is -0.158. The Bertz CT molecular complexity index is 2950. The predicted octanol–water partition coefficient (Wildman–Crippen LogP) is 7.79. The van der Waals surface area contributed by atoms with Gasteiger partial charge in [-0.25, -0.2) is 35.0 Å². The highest BCUT2D eigenvalue weighted by Gasteiger charge is 2.47. The molecule has 0 aliphatic heterocycles. The molecule has 2 aromatic carbocycles. The van der Waals surface area contributed by atoms with Crippen molar-refractivity contribution in [3.63, 3.8) is 0 Å². The van der Waals surface area contributed by atoms with E-state index in [-0.39, 0.29) is 74.5 Å². The Labute approximate surface area is 366 Å². The largest absolute Gasteiger partial charge is 0.346 e. The molecule has 3 heterocycles. The van der Waals surface area contributed by atoms with Crippen molar-refractivity contribution >= 4 is 54.1 Å². The first-order chi connectivity index (χ1) is 29.5. The van der Waals surface area contributed by atoms with E-state index in [9.17, 15) is 34.8 Å². The summed E-state index contributed by atoms with van der Waals surface area (Å²) in [5.41, 5.74) is 0.363. The molecule has 0 bridgehead atoms. The summed E-state index contributed by atoms with van der Waals surface area (Å²) in [7, 11) is -5.93. The van der Waals surface area contributed by atoms with Crippen LogP contribution in [0.2, 0.25) is 5.02 Å². The molecule has 3 aliphatic rings. The van der Waals surface area contributed by atoms with Crippen molar-refractivity contribution in [2.45, 2.75) is 100 Å². The third-order valence-electron chi connectivity index (χ3n) is 11.5. The lowest BCUT2D eigenvalue weighted by Crippen LogP contribution is -2.35. The second-order valence-corrected chi connectivity index (χ2v) is 22.0. The van der Waals surface area contributed by atoms with E-state index < -0.39 is 84.2 Å². The van der Waals surface area contributed by atoms with Crippen LogP contribution in [0, 0.1) is 29.4 Å². The topological polar surface area (TPSA) is 158 Å². The molecular formula is C43H43ClF5N7O5S2. The highest BCUT2D eigenvalue weighted by Crippen LogP contribution is 2.45. The fraction of sp³-hybridized carbons (Fsp3) is 0.442. The van der Waals surface area contributed by atoms with Crippen molar-refractivity contribution in [3.8, 4) is 23.0 Å². The van der Waals surface area contributed by atoms with Gasteiger partial charge in [-0.2, -0.15) is 19.0 Å². The van der Waals surface area contributed by atoms with Crippen LogP contribution in [-0.4, -0.2) is 63.0 Å². The number of benzene rings is 2. The second-order valence-electron chi connectivity index (χ2n) is 17.0. The number of hydrogen-bond acceptors (Lipinski definition) is 8. The number of nitrogens with zero attached hydrogens (tertiary/aromatic N) is 5. The average Bonchev–Trinajstić information content (AvgIpc) is 4.11. The first kappa shape index (κ1) is 44.5. The molecule has 0 spiro atoms. The number of carbonyl (C=O) groups is 1. The maximum Gasteiger partial charge on any atom is 0.290 e. The van der Waals surface area contributed by atoms with Crippen LogP contribution >= 0.6 is 11.6 Å². The molecule has 63 heavy (non-hydrogen) atoms. The van der Waals surface area contributed by atoms with Crippen LogP contribution in [0.1, 0.15) is 99.0 Å². The van der Waals surface area contributed by atoms with Crippen LogP contribution < -0.4 is 10.0 Å². The zero-order chi connectivity index (χ0) is 45.4. The summed E-state index contributed by atoms with van der Waals surface area (Å²) >= 11 is 6.74. The van der Waals surface area contributed by atoms with Gasteiger partial charge in [0.15, 0.2) is 15.7 Å². The maximum absolute atomic E-state index is 15.2. The van der Waals surface area contributed by atoms with Gasteiger partial charge in [0.05, 0.1) is 38.7 Å². The van der Waals surface area contributed by atoms with Crippen molar-refractivity contribution in [3.05, 3.63) is 93.0 Å². The van der Waals surface area contributed by atoms with Gasteiger partial charge < -0.3 is 5.32 Å². The molecule has 1 unspecified atom stereocenters. The van der Waals surface area contributed by atoms with Gasteiger partial charge in [-0.1, -0.05) is 23.6 Å². The van der Waals surface area contributed by atoms with Gasteiger partial charge in [-0.05, 0) is 107 Å². The maximum atomic E-state index is 15.2. The zero-order valence-electron chi connectivity index (χ0n) is 34.6. The summed E-state index contributed by atoms with van der Waals surface area (Å²) in [5, 5.41) is 11.2. The Morgan fingerprint density at radius 2 is 1.68 bits per heavy atom. The summed E-state index contributed by atoms with van der Waals surface area (Å²) < 4.78 is 131. The quantitative estimate of drug-likeness (QED) is 0.0845. The smallest absolute Gasteiger partial charge is 0.290 e. The van der Waals surface area contributed by atoms with Crippen molar-refractivity contribution in [2.75, 3.05) is 10.5 Å². The molecule has 12 nitrogen and oxygen atoms in total. The normalized spacial score (nSPS) is 17.2. The number of carbonyl (C=O) groups excluding carboxylic acids is 1. The Hall–Kier alpha value is -5.06. The van der Waals surface area contributed by atoms with E-state index >= 15 is 8.78 Å². The SMILES string of the molecule is CC(F)c1nn(CC(=O)N[C@@H](Cc2cc(F)cc(F)c2)c2nc(C#CC(C)(C)S(=O)(=O)C3CC3)ccc2-c2ccc(Cl)c3c(NS(=O)(=O)CC4CC4)nn(C)c23)c2c1CCC2(F)F. The standard InChI is InChI=1S/C43H43ClF5N7O5S2/c1-23(45)37-32-14-16-43(48,49)40(32)56(52-37)21-35(57)51-34(19-25-17-26(46)20-27(47)18-25)38-30(10-7-28(50-38)13-15-42(2,3)63(60,61)29-8-9-29)31-11-12-33(44)36-39(31)55(4)53-41(36)54-62(58,59)22-24-5-6-24/h7,10-12,17-18,20,23-24,29,34H,5-6,8-9,14,16,19,21-22H2,1-4H3,(H,51,57)(H,53,54)/t23?,34-/m0/s1. The molecule has 0 saturated heterocycles. The van der Waals surface area contributed by atoms with E-state index in [2.05, 4.69) is 32.1 Å². The minimum atomic E-state index is -3.84. The number of rotatable bonds is 14. The number of halogens is 6. The minimum Gasteiger partial charge on any atom is -0.346 e. The fourth-order valence-corrected chi connectivity index (χ4v) is 11.6. The average molecular weight is 932 g/mol. The van der Waals surface area contributed by atoms with Crippen molar-refractivity contribution in [1.29, 1.82) is 0 Å². The van der Waals surface area contributed by atoms with Crippen LogP contribution in [0.25, 0.3) is 22.0 Å². The van der Waals surface area contributed by atoms with E-state index in [1.54, 1.807) is 19.2 Å². The van der Waals surface area contributed by atoms with E-state index in [4.69, 9.17) is 16.6 Å². The Balaban J connectivity index is 1.28. The number of sulfonamides is 1. The predicted molar refractivity (Wildman–Crippen MR) is 227 cm³/mol. The zero-order valence-corrected chi connectivity index (χ0v) is 37.0. The lowest BCUT2D eigenvalue weighted by Gasteiger charge is -2.23. The summed E-state index contributed by atoms with van der Waals surface area (Å²) in [6, 6.07) is 7.68. The monoisotopic (exact) mass is 931 g/mol. The molecule has 0 radical (unpaired) electrons. The molecule has 334 valence electrons. The second kappa shape index (κ2) is 16.2. The Morgan fingerprint density at radius 3 is 2.33 bits per heavy atom. The fourth-order valence-electron chi connectivity index (χ4n) is 8.13. The molecule has 3 aromatic heterocycles. The van der Waals surface area contributed by atoms with E-state index in [0.717, 1.165) is 36.6 Å². The molecule has 20 heteroatoms. The summed E-state index contributed by atoms with van der Waals surface area (Å²) in [6.45, 7) is 3.33. The third-order valence-corrected chi connectivity index (χ3v) is 16.1. The molecule has 8 rings (SSSR count). The van der Waals surface area contributed by atoms with Gasteiger partial charge >= 0.3 is 0 Å². The molecule has 2 saturated carbocycles. The number of aryl methyl sites for hydroxylation is 1. The van der Waals surface area contributed by atoms with Gasteiger partial charge in [0.1, 0.15) is 46.2 Å². The summed E-state index contributed by atoms with van der Waals surface area (Å²) in [4.78, 5) is 19.0. The lowest BCUT2D eigenvalue weighted by molar-refractivity contribution is -0.122. The number of sulfone groups is 1. The van der Waals surface area contributed by atoms with Gasteiger partial charge in [0.25, 0.3) is 5.92 Å². The molecule has 1 amide bonds. The summed E-state index contributed by atoms with van der Waals surface area (Å²) in [5.74, 6) is -0.555. The van der Waals surface area contributed by atoms with Crippen molar-refractivity contribution in [2.24, 2.45) is 13.0 Å². The number of pyridine rings is 1. The number of amides is 1. The van der Waals surface area contributed by atoms with Gasteiger partial charge in [0, 0.05) is 36.2 Å². The highest BCUT2D eigenvalue weighted by atomic mass is 35.5. The number of hydrogen-bond donors (Lipinski definition) is 2. The van der Waals surface area contributed by atoms with E-state index in [0.29, 0.717) is 30.0 Å². The van der Waals surface area contributed by atoms with Crippen LogP contribution in [0.4, 0.5) is 27.8 Å².